The zero-order valence-electron chi connectivity index (χ0n) is 23.5. The minimum atomic E-state index is -3.74. The van der Waals surface area contributed by atoms with Crippen LogP contribution in [-0.2, 0) is 24.8 Å². The molecule has 4 rings (SSSR count). The highest BCUT2D eigenvalue weighted by molar-refractivity contribution is 7.93. The Hall–Kier alpha value is -5.01. The largest absolute Gasteiger partial charge is 0.399 e. The van der Waals surface area contributed by atoms with E-state index < -0.39 is 20.0 Å². The summed E-state index contributed by atoms with van der Waals surface area (Å²) in [6.45, 7) is 4.26. The number of nitrogen functional groups attached to an aromatic ring is 1. The molecule has 0 heterocycles. The van der Waals surface area contributed by atoms with Crippen molar-refractivity contribution >= 4 is 60.3 Å². The second-order valence-corrected chi connectivity index (χ2v) is 12.6. The highest BCUT2D eigenvalue weighted by Gasteiger charge is 2.15. The second kappa shape index (κ2) is 13.8. The first kappa shape index (κ1) is 32.5. The van der Waals surface area contributed by atoms with Crippen LogP contribution in [0.4, 0.5) is 22.7 Å². The molecular formula is C30H30N4O7S2. The van der Waals surface area contributed by atoms with Gasteiger partial charge in [0, 0.05) is 40.8 Å². The Morgan fingerprint density at radius 1 is 0.512 bits per heavy atom. The predicted octanol–water partition coefficient (Wildman–Crippen LogP) is 4.92. The van der Waals surface area contributed by atoms with Gasteiger partial charge in [0.1, 0.15) is 0 Å². The van der Waals surface area contributed by atoms with Gasteiger partial charge in [-0.3, -0.25) is 23.8 Å². The Morgan fingerprint density at radius 3 is 1.16 bits per heavy atom. The van der Waals surface area contributed by atoms with E-state index in [0.717, 1.165) is 0 Å². The second-order valence-electron chi connectivity index (χ2n) is 9.25. The van der Waals surface area contributed by atoms with Gasteiger partial charge in [-0.05, 0) is 111 Å². The van der Waals surface area contributed by atoms with Gasteiger partial charge in [-0.15, -0.1) is 0 Å². The summed E-state index contributed by atoms with van der Waals surface area (Å²) in [6, 6.07) is 24.1. The van der Waals surface area contributed by atoms with Gasteiger partial charge < -0.3 is 11.1 Å². The lowest BCUT2D eigenvalue weighted by Gasteiger charge is -2.09. The van der Waals surface area contributed by atoms with Crippen molar-refractivity contribution in [2.75, 3.05) is 20.5 Å². The number of hydrogen-bond acceptors (Lipinski definition) is 8. The molecule has 0 bridgehead atoms. The number of carbonyl (C=O) groups excluding carboxylic acids is 3. The van der Waals surface area contributed by atoms with Crippen molar-refractivity contribution in [2.45, 2.75) is 30.6 Å². The molecule has 0 aliphatic heterocycles. The molecule has 0 unspecified atom stereocenters. The van der Waals surface area contributed by atoms with Crippen LogP contribution in [0.5, 0.6) is 0 Å². The molecule has 0 aliphatic carbocycles. The predicted molar refractivity (Wildman–Crippen MR) is 166 cm³/mol. The van der Waals surface area contributed by atoms with E-state index in [1.54, 1.807) is 36.4 Å². The van der Waals surface area contributed by atoms with E-state index >= 15 is 0 Å². The van der Waals surface area contributed by atoms with E-state index in [0.29, 0.717) is 33.9 Å². The van der Waals surface area contributed by atoms with E-state index in [9.17, 15) is 31.2 Å². The van der Waals surface area contributed by atoms with Gasteiger partial charge in [-0.2, -0.15) is 0 Å². The summed E-state index contributed by atoms with van der Waals surface area (Å²) in [6.07, 6.45) is 0. The molecule has 1 amide bonds. The Bertz CT molecular complexity index is 1820. The highest BCUT2D eigenvalue weighted by Crippen LogP contribution is 2.20. The van der Waals surface area contributed by atoms with Crippen LogP contribution in [0.25, 0.3) is 0 Å². The lowest BCUT2D eigenvalue weighted by atomic mass is 10.1. The molecule has 4 aromatic rings. The molecule has 11 nitrogen and oxygen atoms in total. The summed E-state index contributed by atoms with van der Waals surface area (Å²) in [7, 11) is -7.39. The van der Waals surface area contributed by atoms with E-state index in [1.807, 2.05) is 0 Å². The number of amides is 1. The van der Waals surface area contributed by atoms with Crippen molar-refractivity contribution in [1.29, 1.82) is 0 Å². The van der Waals surface area contributed by atoms with Gasteiger partial charge in [0.25, 0.3) is 20.0 Å². The molecule has 5 N–H and O–H groups in total. The molecule has 4 aromatic carbocycles. The fraction of sp³-hybridized carbons (Fsp3) is 0.100. The number of carbonyl (C=O) groups is 3. The topological polar surface area (TPSA) is 182 Å². The van der Waals surface area contributed by atoms with Crippen molar-refractivity contribution in [1.82, 2.24) is 0 Å². The molecule has 13 heteroatoms. The van der Waals surface area contributed by atoms with Gasteiger partial charge >= 0.3 is 0 Å². The van der Waals surface area contributed by atoms with Gasteiger partial charge in [-0.25, -0.2) is 16.8 Å². The standard InChI is InChI=1S/C16H16N2O4S.C14H14N2O3S/c1-11(19)13-3-5-15(6-4-13)18-23(21,22)16-9-7-14(8-10-16)17-12(2)20;1-10(17)11-2-6-13(7-3-11)16-20(18,19)14-8-4-12(15)5-9-14/h3-10,18H,1-2H3,(H,17,20);2-9,16H,15H2,1H3. The van der Waals surface area contributed by atoms with Crippen LogP contribution in [0, 0.1) is 0 Å². The van der Waals surface area contributed by atoms with Gasteiger partial charge in [0.15, 0.2) is 11.6 Å². The maximum atomic E-state index is 12.3. The van der Waals surface area contributed by atoms with Crippen LogP contribution in [0.15, 0.2) is 107 Å². The molecule has 0 aliphatic rings. The number of Topliss-reactive ketones (excluding diaryl/α,β-unsaturated/α-hetero) is 2. The van der Waals surface area contributed by atoms with Gasteiger partial charge in [-0.1, -0.05) is 0 Å². The molecule has 224 valence electrons. The van der Waals surface area contributed by atoms with Crippen molar-refractivity contribution in [2.24, 2.45) is 0 Å². The van der Waals surface area contributed by atoms with Crippen LogP contribution in [0.2, 0.25) is 0 Å². The van der Waals surface area contributed by atoms with Crippen molar-refractivity contribution < 1.29 is 31.2 Å². The molecule has 0 fully saturated rings. The highest BCUT2D eigenvalue weighted by atomic mass is 32.2. The van der Waals surface area contributed by atoms with E-state index in [2.05, 4.69) is 14.8 Å². The van der Waals surface area contributed by atoms with Gasteiger partial charge in [0.05, 0.1) is 9.79 Å². The third kappa shape index (κ3) is 9.51. The molecular weight excluding hydrogens is 592 g/mol. The first-order chi connectivity index (χ1) is 20.2. The number of anilines is 4. The Balaban J connectivity index is 0.000000238. The summed E-state index contributed by atoms with van der Waals surface area (Å²) in [5, 5.41) is 2.56. The number of nitrogens with two attached hydrogens (primary N) is 1. The summed E-state index contributed by atoms with van der Waals surface area (Å²) in [5.41, 5.74) is 8.32. The molecule has 0 saturated carbocycles. The van der Waals surface area contributed by atoms with Crippen molar-refractivity contribution in [3.05, 3.63) is 108 Å². The average Bonchev–Trinajstić information content (AvgIpc) is 2.94. The monoisotopic (exact) mass is 622 g/mol. The summed E-state index contributed by atoms with van der Waals surface area (Å²) in [5.74, 6) is -0.393. The van der Waals surface area contributed by atoms with Crippen LogP contribution in [0.3, 0.4) is 0 Å². The van der Waals surface area contributed by atoms with E-state index in [4.69, 9.17) is 5.73 Å². The number of ketones is 2. The SMILES string of the molecule is CC(=O)Nc1ccc(S(=O)(=O)Nc2ccc(C(C)=O)cc2)cc1.CC(=O)c1ccc(NS(=O)(=O)c2ccc(N)cc2)cc1. The first-order valence-corrected chi connectivity index (χ1v) is 15.6. The zero-order chi connectivity index (χ0) is 31.8. The smallest absolute Gasteiger partial charge is 0.261 e. The minimum absolute atomic E-state index is 0.0714. The van der Waals surface area contributed by atoms with Crippen molar-refractivity contribution in [3.8, 4) is 0 Å². The summed E-state index contributed by atoms with van der Waals surface area (Å²) < 4.78 is 53.7. The maximum absolute atomic E-state index is 12.3. The van der Waals surface area contributed by atoms with E-state index in [1.165, 1.54) is 81.4 Å². The maximum Gasteiger partial charge on any atom is 0.261 e. The van der Waals surface area contributed by atoms with Crippen LogP contribution in [-0.4, -0.2) is 34.3 Å². The normalized spacial score (nSPS) is 11.0. The minimum Gasteiger partial charge on any atom is -0.399 e. The zero-order valence-corrected chi connectivity index (χ0v) is 25.1. The quantitative estimate of drug-likeness (QED) is 0.150. The first-order valence-electron chi connectivity index (χ1n) is 12.7. The summed E-state index contributed by atoms with van der Waals surface area (Å²) in [4.78, 5) is 33.5. The van der Waals surface area contributed by atoms with E-state index in [-0.39, 0.29) is 27.3 Å². The Labute approximate surface area is 250 Å². The number of sulfonamides is 2. The van der Waals surface area contributed by atoms with Gasteiger partial charge in [0.2, 0.25) is 5.91 Å². The Morgan fingerprint density at radius 2 is 0.837 bits per heavy atom. The Kier molecular flexibility index (Phi) is 10.4. The lowest BCUT2D eigenvalue weighted by molar-refractivity contribution is -0.114. The average molecular weight is 623 g/mol. The lowest BCUT2D eigenvalue weighted by Crippen LogP contribution is -2.13. The third-order valence-electron chi connectivity index (χ3n) is 5.76. The number of benzene rings is 4. The molecule has 0 aromatic heterocycles. The van der Waals surface area contributed by atoms with Crippen LogP contribution < -0.4 is 20.5 Å². The number of nitrogens with one attached hydrogen (secondary N) is 3. The molecule has 0 spiro atoms. The number of rotatable bonds is 9. The van der Waals surface area contributed by atoms with Crippen LogP contribution in [0.1, 0.15) is 41.5 Å². The fourth-order valence-electron chi connectivity index (χ4n) is 3.54. The molecule has 0 saturated heterocycles. The summed E-state index contributed by atoms with van der Waals surface area (Å²) >= 11 is 0. The van der Waals surface area contributed by atoms with Crippen molar-refractivity contribution in [3.63, 3.8) is 0 Å². The van der Waals surface area contributed by atoms with Crippen LogP contribution >= 0.6 is 0 Å². The molecule has 0 radical (unpaired) electrons. The molecule has 0 atom stereocenters. The number of hydrogen-bond donors (Lipinski definition) is 4. The fourth-order valence-corrected chi connectivity index (χ4v) is 5.66. The molecule has 43 heavy (non-hydrogen) atoms. The third-order valence-corrected chi connectivity index (χ3v) is 8.56.